The van der Waals surface area contributed by atoms with Crippen LogP contribution >= 0.6 is 27.5 Å². The molecule has 0 spiro atoms. The Morgan fingerprint density at radius 3 is 3.00 bits per heavy atom. The first kappa shape index (κ1) is 11.6. The number of nitrogens with zero attached hydrogens (tertiary/aromatic N) is 3. The van der Waals surface area contributed by atoms with Crippen LogP contribution in [0.4, 0.5) is 0 Å². The fourth-order valence-electron chi connectivity index (χ4n) is 1.37. The van der Waals surface area contributed by atoms with E-state index in [4.69, 9.17) is 11.6 Å². The summed E-state index contributed by atoms with van der Waals surface area (Å²) in [7, 11) is 0. The molecule has 0 radical (unpaired) electrons. The van der Waals surface area contributed by atoms with Gasteiger partial charge in [0.25, 0.3) is 0 Å². The standard InChI is InChI=1S/C11H11BrClN3/c1-2-10(13)11-7-16(15-14-11)9-5-3-4-8(12)6-9/h3-7,10H,2H2,1H3. The fraction of sp³-hybridized carbons (Fsp3) is 0.273. The molecule has 0 aliphatic rings. The van der Waals surface area contributed by atoms with Crippen LogP contribution in [0.2, 0.25) is 0 Å². The third kappa shape index (κ3) is 2.44. The molecule has 16 heavy (non-hydrogen) atoms. The summed E-state index contributed by atoms with van der Waals surface area (Å²) in [6.45, 7) is 2.02. The Morgan fingerprint density at radius 1 is 1.50 bits per heavy atom. The molecule has 0 N–H and O–H groups in total. The van der Waals surface area contributed by atoms with Gasteiger partial charge in [-0.3, -0.25) is 0 Å². The third-order valence-electron chi connectivity index (χ3n) is 2.26. The van der Waals surface area contributed by atoms with Gasteiger partial charge in [-0.1, -0.05) is 34.1 Å². The molecule has 1 heterocycles. The lowest BCUT2D eigenvalue weighted by Crippen LogP contribution is -1.94. The summed E-state index contributed by atoms with van der Waals surface area (Å²) in [4.78, 5) is 0. The van der Waals surface area contributed by atoms with Gasteiger partial charge in [0.05, 0.1) is 17.3 Å². The van der Waals surface area contributed by atoms with Gasteiger partial charge in [0, 0.05) is 4.47 Å². The maximum atomic E-state index is 6.10. The van der Waals surface area contributed by atoms with Crippen molar-refractivity contribution in [3.05, 3.63) is 40.6 Å². The van der Waals surface area contributed by atoms with Crippen LogP contribution in [-0.4, -0.2) is 15.0 Å². The van der Waals surface area contributed by atoms with E-state index in [1.165, 1.54) is 0 Å². The van der Waals surface area contributed by atoms with Crippen molar-refractivity contribution in [1.82, 2.24) is 15.0 Å². The van der Waals surface area contributed by atoms with Crippen LogP contribution in [0.3, 0.4) is 0 Å². The number of halogens is 2. The lowest BCUT2D eigenvalue weighted by molar-refractivity contribution is 0.785. The zero-order valence-electron chi connectivity index (χ0n) is 8.77. The van der Waals surface area contributed by atoms with Crippen LogP contribution in [0.5, 0.6) is 0 Å². The van der Waals surface area contributed by atoms with E-state index in [1.807, 2.05) is 37.4 Å². The van der Waals surface area contributed by atoms with Crippen molar-refractivity contribution in [3.63, 3.8) is 0 Å². The quantitative estimate of drug-likeness (QED) is 0.809. The minimum absolute atomic E-state index is 0.0686. The Hall–Kier alpha value is -0.870. The minimum atomic E-state index is -0.0686. The van der Waals surface area contributed by atoms with Crippen LogP contribution in [-0.2, 0) is 0 Å². The van der Waals surface area contributed by atoms with Gasteiger partial charge in [-0.2, -0.15) is 0 Å². The molecule has 84 valence electrons. The van der Waals surface area contributed by atoms with Gasteiger partial charge in [-0.05, 0) is 24.6 Å². The molecule has 0 fully saturated rings. The maximum Gasteiger partial charge on any atom is 0.101 e. The smallest absolute Gasteiger partial charge is 0.101 e. The zero-order valence-corrected chi connectivity index (χ0v) is 11.1. The Labute approximate surface area is 108 Å². The number of benzene rings is 1. The van der Waals surface area contributed by atoms with E-state index in [0.717, 1.165) is 22.3 Å². The summed E-state index contributed by atoms with van der Waals surface area (Å²) < 4.78 is 2.74. The van der Waals surface area contributed by atoms with Gasteiger partial charge in [0.2, 0.25) is 0 Å². The molecule has 0 amide bonds. The molecule has 0 saturated heterocycles. The van der Waals surface area contributed by atoms with Crippen molar-refractivity contribution >= 4 is 27.5 Å². The van der Waals surface area contributed by atoms with Gasteiger partial charge in [0.15, 0.2) is 0 Å². The van der Waals surface area contributed by atoms with E-state index in [0.29, 0.717) is 0 Å². The Morgan fingerprint density at radius 2 is 2.31 bits per heavy atom. The van der Waals surface area contributed by atoms with Crippen LogP contribution in [0.25, 0.3) is 5.69 Å². The third-order valence-corrected chi connectivity index (χ3v) is 3.29. The summed E-state index contributed by atoms with van der Waals surface area (Å²) in [5.74, 6) is 0. The van der Waals surface area contributed by atoms with Crippen LogP contribution in [0.15, 0.2) is 34.9 Å². The molecule has 3 nitrogen and oxygen atoms in total. The van der Waals surface area contributed by atoms with Crippen molar-refractivity contribution in [2.45, 2.75) is 18.7 Å². The van der Waals surface area contributed by atoms with Gasteiger partial charge in [-0.15, -0.1) is 16.7 Å². The average molecular weight is 301 g/mol. The highest BCUT2D eigenvalue weighted by molar-refractivity contribution is 9.10. The SMILES string of the molecule is CCC(Cl)c1cn(-c2cccc(Br)c2)nn1. The Balaban J connectivity index is 2.31. The summed E-state index contributed by atoms with van der Waals surface area (Å²) in [5, 5.41) is 8.05. The van der Waals surface area contributed by atoms with Crippen molar-refractivity contribution in [3.8, 4) is 5.69 Å². The van der Waals surface area contributed by atoms with E-state index in [-0.39, 0.29) is 5.38 Å². The normalized spacial score (nSPS) is 12.7. The van der Waals surface area contributed by atoms with Crippen molar-refractivity contribution in [2.24, 2.45) is 0 Å². The molecule has 0 saturated carbocycles. The van der Waals surface area contributed by atoms with E-state index in [2.05, 4.69) is 26.2 Å². The largest absolute Gasteiger partial charge is 0.220 e. The molecule has 1 unspecified atom stereocenters. The molecular formula is C11H11BrClN3. The lowest BCUT2D eigenvalue weighted by atomic mass is 10.2. The molecule has 1 aromatic heterocycles. The molecule has 2 rings (SSSR count). The minimum Gasteiger partial charge on any atom is -0.220 e. The topological polar surface area (TPSA) is 30.7 Å². The first-order chi connectivity index (χ1) is 7.70. The van der Waals surface area contributed by atoms with E-state index >= 15 is 0 Å². The highest BCUT2D eigenvalue weighted by Crippen LogP contribution is 2.22. The summed E-state index contributed by atoms with van der Waals surface area (Å²) >= 11 is 9.52. The average Bonchev–Trinajstić information content (AvgIpc) is 2.77. The Bertz CT molecular complexity index is 484. The molecule has 2 aromatic rings. The number of alkyl halides is 1. The Kier molecular flexibility index (Phi) is 3.61. The van der Waals surface area contributed by atoms with Crippen molar-refractivity contribution in [2.75, 3.05) is 0 Å². The number of hydrogen-bond acceptors (Lipinski definition) is 2. The van der Waals surface area contributed by atoms with Crippen LogP contribution in [0, 0.1) is 0 Å². The summed E-state index contributed by atoms with van der Waals surface area (Å²) in [6, 6.07) is 7.88. The highest BCUT2D eigenvalue weighted by atomic mass is 79.9. The summed E-state index contributed by atoms with van der Waals surface area (Å²) in [5.41, 5.74) is 1.78. The molecule has 1 aromatic carbocycles. The van der Waals surface area contributed by atoms with E-state index in [1.54, 1.807) is 4.68 Å². The number of hydrogen-bond donors (Lipinski definition) is 0. The first-order valence-electron chi connectivity index (χ1n) is 5.03. The van der Waals surface area contributed by atoms with Gasteiger partial charge < -0.3 is 0 Å². The van der Waals surface area contributed by atoms with Gasteiger partial charge >= 0.3 is 0 Å². The monoisotopic (exact) mass is 299 g/mol. The zero-order chi connectivity index (χ0) is 11.5. The highest BCUT2D eigenvalue weighted by Gasteiger charge is 2.10. The predicted molar refractivity (Wildman–Crippen MR) is 67.9 cm³/mol. The molecule has 1 atom stereocenters. The molecule has 5 heteroatoms. The van der Waals surface area contributed by atoms with Crippen molar-refractivity contribution < 1.29 is 0 Å². The van der Waals surface area contributed by atoms with Crippen LogP contribution < -0.4 is 0 Å². The second kappa shape index (κ2) is 4.97. The number of rotatable bonds is 3. The first-order valence-corrected chi connectivity index (χ1v) is 6.26. The second-order valence-electron chi connectivity index (χ2n) is 3.44. The molecule has 0 aliphatic heterocycles. The molecule has 0 aliphatic carbocycles. The predicted octanol–water partition coefficient (Wildman–Crippen LogP) is 3.72. The van der Waals surface area contributed by atoms with E-state index < -0.39 is 0 Å². The van der Waals surface area contributed by atoms with E-state index in [9.17, 15) is 0 Å². The van der Waals surface area contributed by atoms with Gasteiger partial charge in [-0.25, -0.2) is 4.68 Å². The summed E-state index contributed by atoms with van der Waals surface area (Å²) in [6.07, 6.45) is 2.71. The molecular weight excluding hydrogens is 289 g/mol. The lowest BCUT2D eigenvalue weighted by Gasteiger charge is -2.00. The molecule has 0 bridgehead atoms. The van der Waals surface area contributed by atoms with Crippen LogP contribution in [0.1, 0.15) is 24.4 Å². The van der Waals surface area contributed by atoms with Crippen molar-refractivity contribution in [1.29, 1.82) is 0 Å². The second-order valence-corrected chi connectivity index (χ2v) is 4.89. The number of aromatic nitrogens is 3. The van der Waals surface area contributed by atoms with Gasteiger partial charge in [0.1, 0.15) is 5.69 Å². The maximum absolute atomic E-state index is 6.10. The fourth-order valence-corrected chi connectivity index (χ4v) is 1.86.